The van der Waals surface area contributed by atoms with E-state index in [0.29, 0.717) is 5.69 Å². The highest BCUT2D eigenvalue weighted by atomic mass is 19.1. The molecule has 0 saturated heterocycles. The molecule has 1 aromatic carbocycles. The van der Waals surface area contributed by atoms with Crippen molar-refractivity contribution in [3.63, 3.8) is 0 Å². The maximum Gasteiger partial charge on any atom is 0.329 e. The maximum atomic E-state index is 13.1. The molecule has 1 unspecified atom stereocenters. The summed E-state index contributed by atoms with van der Waals surface area (Å²) in [5.74, 6) is -1.41. The van der Waals surface area contributed by atoms with E-state index < -0.39 is 17.8 Å². The first-order valence-corrected chi connectivity index (χ1v) is 4.09. The lowest BCUT2D eigenvalue weighted by Crippen LogP contribution is -2.38. The van der Waals surface area contributed by atoms with Crippen LogP contribution in [0.15, 0.2) is 18.2 Å². The standard InChI is InChI=1S/C9H8FNO3/c10-5-2-1-3-6-8(5)14-4-7(11-6)9(12)13/h1-3,7,11H,4H2,(H,12,13). The molecule has 1 heterocycles. The first-order chi connectivity index (χ1) is 6.68. The van der Waals surface area contributed by atoms with Crippen molar-refractivity contribution in [2.45, 2.75) is 6.04 Å². The number of para-hydroxylation sites is 1. The van der Waals surface area contributed by atoms with E-state index in [2.05, 4.69) is 5.32 Å². The summed E-state index contributed by atoms with van der Waals surface area (Å²) in [6, 6.07) is 3.52. The van der Waals surface area contributed by atoms with Crippen LogP contribution in [0.25, 0.3) is 0 Å². The average molecular weight is 197 g/mol. The fourth-order valence-electron chi connectivity index (χ4n) is 1.30. The third-order valence-corrected chi connectivity index (χ3v) is 1.99. The van der Waals surface area contributed by atoms with Crippen LogP contribution in [-0.4, -0.2) is 23.7 Å². The van der Waals surface area contributed by atoms with E-state index in [1.165, 1.54) is 12.1 Å². The predicted octanol–water partition coefficient (Wildman–Crippen LogP) is 1.08. The molecule has 0 aliphatic carbocycles. The molecular formula is C9H8FNO3. The SMILES string of the molecule is O=C(O)C1COc2c(F)cccc2N1. The maximum absolute atomic E-state index is 13.1. The molecule has 2 rings (SSSR count). The summed E-state index contributed by atoms with van der Waals surface area (Å²) in [4.78, 5) is 10.6. The number of halogens is 1. The molecule has 0 aromatic heterocycles. The van der Waals surface area contributed by atoms with Crippen LogP contribution >= 0.6 is 0 Å². The van der Waals surface area contributed by atoms with Gasteiger partial charge in [-0.1, -0.05) is 6.07 Å². The molecule has 2 N–H and O–H groups in total. The van der Waals surface area contributed by atoms with Gasteiger partial charge in [-0.05, 0) is 12.1 Å². The van der Waals surface area contributed by atoms with Gasteiger partial charge >= 0.3 is 5.97 Å². The van der Waals surface area contributed by atoms with Crippen LogP contribution in [0.1, 0.15) is 0 Å². The summed E-state index contributed by atoms with van der Waals surface area (Å²) < 4.78 is 18.1. The molecule has 0 bridgehead atoms. The number of carboxylic acid groups (broad SMARTS) is 1. The second-order valence-corrected chi connectivity index (χ2v) is 2.96. The molecule has 0 radical (unpaired) electrons. The molecule has 0 saturated carbocycles. The molecule has 14 heavy (non-hydrogen) atoms. The monoisotopic (exact) mass is 197 g/mol. The normalized spacial score (nSPS) is 19.1. The zero-order chi connectivity index (χ0) is 10.1. The summed E-state index contributed by atoms with van der Waals surface area (Å²) >= 11 is 0. The molecule has 1 aromatic rings. The van der Waals surface area contributed by atoms with E-state index in [0.717, 1.165) is 0 Å². The van der Waals surface area contributed by atoms with E-state index >= 15 is 0 Å². The summed E-state index contributed by atoms with van der Waals surface area (Å²) in [5, 5.41) is 11.4. The van der Waals surface area contributed by atoms with Crippen molar-refractivity contribution in [3.8, 4) is 5.75 Å². The van der Waals surface area contributed by atoms with Gasteiger partial charge in [-0.15, -0.1) is 0 Å². The molecule has 0 fully saturated rings. The number of rotatable bonds is 1. The van der Waals surface area contributed by atoms with Gasteiger partial charge in [0.25, 0.3) is 0 Å². The number of fused-ring (bicyclic) bond motifs is 1. The highest BCUT2D eigenvalue weighted by Crippen LogP contribution is 2.31. The smallest absolute Gasteiger partial charge is 0.329 e. The minimum Gasteiger partial charge on any atom is -0.486 e. The lowest BCUT2D eigenvalue weighted by Gasteiger charge is -2.24. The van der Waals surface area contributed by atoms with Crippen molar-refractivity contribution in [1.82, 2.24) is 0 Å². The minimum atomic E-state index is -1.01. The van der Waals surface area contributed by atoms with Gasteiger partial charge in [0.2, 0.25) is 0 Å². The largest absolute Gasteiger partial charge is 0.486 e. The molecule has 74 valence electrons. The third kappa shape index (κ3) is 1.37. The van der Waals surface area contributed by atoms with Gasteiger partial charge in [0.15, 0.2) is 17.6 Å². The molecule has 0 amide bonds. The van der Waals surface area contributed by atoms with Crippen molar-refractivity contribution in [3.05, 3.63) is 24.0 Å². The second kappa shape index (κ2) is 3.17. The first kappa shape index (κ1) is 8.80. The van der Waals surface area contributed by atoms with E-state index in [1.807, 2.05) is 0 Å². The molecular weight excluding hydrogens is 189 g/mol. The zero-order valence-corrected chi connectivity index (χ0v) is 7.16. The Kier molecular flexibility index (Phi) is 1.99. The van der Waals surface area contributed by atoms with Crippen LogP contribution in [0.2, 0.25) is 0 Å². The van der Waals surface area contributed by atoms with Crippen molar-refractivity contribution in [2.75, 3.05) is 11.9 Å². The van der Waals surface area contributed by atoms with Crippen molar-refractivity contribution < 1.29 is 19.0 Å². The summed E-state index contributed by atoms with van der Waals surface area (Å²) in [6.07, 6.45) is 0. The lowest BCUT2D eigenvalue weighted by atomic mass is 10.2. The third-order valence-electron chi connectivity index (χ3n) is 1.99. The number of ether oxygens (including phenoxy) is 1. The second-order valence-electron chi connectivity index (χ2n) is 2.96. The fourth-order valence-corrected chi connectivity index (χ4v) is 1.30. The van der Waals surface area contributed by atoms with Gasteiger partial charge in [0.1, 0.15) is 6.61 Å². The zero-order valence-electron chi connectivity index (χ0n) is 7.16. The highest BCUT2D eigenvalue weighted by Gasteiger charge is 2.26. The topological polar surface area (TPSA) is 58.6 Å². The first-order valence-electron chi connectivity index (χ1n) is 4.09. The Hall–Kier alpha value is -1.78. The van der Waals surface area contributed by atoms with Crippen LogP contribution < -0.4 is 10.1 Å². The van der Waals surface area contributed by atoms with Gasteiger partial charge in [0, 0.05) is 0 Å². The van der Waals surface area contributed by atoms with Crippen LogP contribution in [0.3, 0.4) is 0 Å². The van der Waals surface area contributed by atoms with E-state index in [1.54, 1.807) is 6.07 Å². The van der Waals surface area contributed by atoms with Gasteiger partial charge in [-0.3, -0.25) is 0 Å². The number of aliphatic carboxylic acids is 1. The van der Waals surface area contributed by atoms with E-state index in [-0.39, 0.29) is 12.4 Å². The molecule has 0 spiro atoms. The van der Waals surface area contributed by atoms with E-state index in [4.69, 9.17) is 9.84 Å². The van der Waals surface area contributed by atoms with Crippen molar-refractivity contribution in [2.24, 2.45) is 0 Å². The molecule has 1 aliphatic heterocycles. The van der Waals surface area contributed by atoms with Crippen LogP contribution in [0.5, 0.6) is 5.75 Å². The summed E-state index contributed by atoms with van der Waals surface area (Å²) in [7, 11) is 0. The Morgan fingerprint density at radius 3 is 3.14 bits per heavy atom. The lowest BCUT2D eigenvalue weighted by molar-refractivity contribution is -0.138. The van der Waals surface area contributed by atoms with Gasteiger partial charge < -0.3 is 15.2 Å². The predicted molar refractivity (Wildman–Crippen MR) is 46.9 cm³/mol. The van der Waals surface area contributed by atoms with Crippen LogP contribution in [-0.2, 0) is 4.79 Å². The molecule has 5 heteroatoms. The number of carbonyl (C=O) groups is 1. The van der Waals surface area contributed by atoms with Crippen LogP contribution in [0, 0.1) is 5.82 Å². The Morgan fingerprint density at radius 2 is 2.43 bits per heavy atom. The van der Waals surface area contributed by atoms with Crippen molar-refractivity contribution in [1.29, 1.82) is 0 Å². The number of hydrogen-bond donors (Lipinski definition) is 2. The summed E-state index contributed by atoms with van der Waals surface area (Å²) in [6.45, 7) is -0.0662. The molecule has 4 nitrogen and oxygen atoms in total. The number of anilines is 1. The Morgan fingerprint density at radius 1 is 1.64 bits per heavy atom. The average Bonchev–Trinajstić information content (AvgIpc) is 2.17. The van der Waals surface area contributed by atoms with Gasteiger partial charge in [-0.25, -0.2) is 9.18 Å². The number of hydrogen-bond acceptors (Lipinski definition) is 3. The number of benzene rings is 1. The van der Waals surface area contributed by atoms with Gasteiger partial charge in [0.05, 0.1) is 5.69 Å². The highest BCUT2D eigenvalue weighted by molar-refractivity contribution is 5.79. The molecule has 1 aliphatic rings. The summed E-state index contributed by atoms with van der Waals surface area (Å²) in [5.41, 5.74) is 0.378. The Bertz CT molecular complexity index is 380. The van der Waals surface area contributed by atoms with E-state index in [9.17, 15) is 9.18 Å². The van der Waals surface area contributed by atoms with Crippen LogP contribution in [0.4, 0.5) is 10.1 Å². The number of carboxylic acids is 1. The Labute approximate surface area is 79.3 Å². The fraction of sp³-hybridized carbons (Fsp3) is 0.222. The quantitative estimate of drug-likeness (QED) is 0.707. The molecule has 1 atom stereocenters. The van der Waals surface area contributed by atoms with Gasteiger partial charge in [-0.2, -0.15) is 0 Å². The van der Waals surface area contributed by atoms with Crippen molar-refractivity contribution >= 4 is 11.7 Å². The minimum absolute atomic E-state index is 0.0662. The number of nitrogens with one attached hydrogen (secondary N) is 1. The Balaban J connectivity index is 2.31.